The molecule has 1 heterocycles. The SMILES string of the molecule is Cc1cc(=O)[nH]c2cc(NC(=O)CC(C)(C)C)ccc12. The van der Waals surface area contributed by atoms with Gasteiger partial charge in [0.15, 0.2) is 0 Å². The predicted molar refractivity (Wildman–Crippen MR) is 82.0 cm³/mol. The molecule has 0 saturated heterocycles. The van der Waals surface area contributed by atoms with Crippen LogP contribution < -0.4 is 10.9 Å². The third-order valence-electron chi connectivity index (χ3n) is 3.02. The summed E-state index contributed by atoms with van der Waals surface area (Å²) < 4.78 is 0. The first kappa shape index (κ1) is 14.3. The molecule has 1 aromatic carbocycles. The molecule has 20 heavy (non-hydrogen) atoms. The molecule has 0 saturated carbocycles. The van der Waals surface area contributed by atoms with Crippen LogP contribution in [0.1, 0.15) is 32.8 Å². The number of rotatable bonds is 2. The van der Waals surface area contributed by atoms with Crippen LogP contribution in [0.25, 0.3) is 10.9 Å². The van der Waals surface area contributed by atoms with Crippen LogP contribution in [0.3, 0.4) is 0 Å². The van der Waals surface area contributed by atoms with E-state index in [2.05, 4.69) is 10.3 Å². The number of amides is 1. The summed E-state index contributed by atoms with van der Waals surface area (Å²) in [5.41, 5.74) is 2.19. The molecule has 0 aliphatic rings. The second kappa shape index (κ2) is 5.12. The molecule has 2 rings (SSSR count). The molecule has 0 spiro atoms. The van der Waals surface area contributed by atoms with Crippen LogP contribution in [0.4, 0.5) is 5.69 Å². The van der Waals surface area contributed by atoms with Crippen LogP contribution in [0.15, 0.2) is 29.1 Å². The van der Waals surface area contributed by atoms with E-state index in [4.69, 9.17) is 0 Å². The van der Waals surface area contributed by atoms with Crippen molar-refractivity contribution >= 4 is 22.5 Å². The van der Waals surface area contributed by atoms with Crippen LogP contribution >= 0.6 is 0 Å². The molecule has 0 fully saturated rings. The summed E-state index contributed by atoms with van der Waals surface area (Å²) in [6.07, 6.45) is 0.454. The average Bonchev–Trinajstić information content (AvgIpc) is 2.24. The minimum atomic E-state index is -0.131. The maximum absolute atomic E-state index is 11.9. The van der Waals surface area contributed by atoms with E-state index < -0.39 is 0 Å². The lowest BCUT2D eigenvalue weighted by Gasteiger charge is -2.17. The number of anilines is 1. The fraction of sp³-hybridized carbons (Fsp3) is 0.375. The zero-order valence-electron chi connectivity index (χ0n) is 12.3. The maximum Gasteiger partial charge on any atom is 0.248 e. The molecule has 4 nitrogen and oxygen atoms in total. The normalized spacial score (nSPS) is 11.6. The van der Waals surface area contributed by atoms with Crippen molar-refractivity contribution < 1.29 is 4.79 Å². The number of hydrogen-bond acceptors (Lipinski definition) is 2. The number of fused-ring (bicyclic) bond motifs is 1. The third kappa shape index (κ3) is 3.47. The molecule has 106 valence electrons. The lowest BCUT2D eigenvalue weighted by atomic mass is 9.92. The van der Waals surface area contributed by atoms with Gasteiger partial charge in [0.25, 0.3) is 0 Å². The molecule has 2 aromatic rings. The van der Waals surface area contributed by atoms with Crippen molar-refractivity contribution in [3.05, 3.63) is 40.2 Å². The largest absolute Gasteiger partial charge is 0.326 e. The smallest absolute Gasteiger partial charge is 0.248 e. The van der Waals surface area contributed by atoms with Gasteiger partial charge in [-0.15, -0.1) is 0 Å². The molecule has 1 aromatic heterocycles. The molecule has 2 N–H and O–H groups in total. The number of aryl methyl sites for hydroxylation is 1. The van der Waals surface area contributed by atoms with Gasteiger partial charge in [-0.2, -0.15) is 0 Å². The van der Waals surface area contributed by atoms with Gasteiger partial charge in [0.2, 0.25) is 11.5 Å². The number of nitrogens with one attached hydrogen (secondary N) is 2. The van der Waals surface area contributed by atoms with Gasteiger partial charge in [-0.3, -0.25) is 9.59 Å². The Morgan fingerprint density at radius 1 is 1.25 bits per heavy atom. The summed E-state index contributed by atoms with van der Waals surface area (Å²) >= 11 is 0. The molecule has 0 atom stereocenters. The summed E-state index contributed by atoms with van der Waals surface area (Å²) in [7, 11) is 0. The van der Waals surface area contributed by atoms with Crippen molar-refractivity contribution in [2.24, 2.45) is 5.41 Å². The van der Waals surface area contributed by atoms with Crippen molar-refractivity contribution in [2.45, 2.75) is 34.1 Å². The van der Waals surface area contributed by atoms with Crippen molar-refractivity contribution in [3.8, 4) is 0 Å². The van der Waals surface area contributed by atoms with Crippen molar-refractivity contribution in [1.29, 1.82) is 0 Å². The highest BCUT2D eigenvalue weighted by Crippen LogP contribution is 2.22. The van der Waals surface area contributed by atoms with Gasteiger partial charge in [-0.25, -0.2) is 0 Å². The van der Waals surface area contributed by atoms with Crippen molar-refractivity contribution in [3.63, 3.8) is 0 Å². The number of aromatic amines is 1. The first-order valence-corrected chi connectivity index (χ1v) is 6.68. The van der Waals surface area contributed by atoms with E-state index in [9.17, 15) is 9.59 Å². The lowest BCUT2D eigenvalue weighted by Crippen LogP contribution is -2.19. The molecule has 0 aliphatic carbocycles. The number of hydrogen-bond donors (Lipinski definition) is 2. The Morgan fingerprint density at radius 3 is 2.60 bits per heavy atom. The predicted octanol–water partition coefficient (Wildman–Crippen LogP) is 3.21. The fourth-order valence-corrected chi connectivity index (χ4v) is 2.20. The van der Waals surface area contributed by atoms with Gasteiger partial charge < -0.3 is 10.3 Å². The highest BCUT2D eigenvalue weighted by atomic mass is 16.1. The summed E-state index contributed by atoms with van der Waals surface area (Å²) in [6.45, 7) is 7.96. The van der Waals surface area contributed by atoms with Crippen LogP contribution in [-0.4, -0.2) is 10.9 Å². The topological polar surface area (TPSA) is 62.0 Å². The highest BCUT2D eigenvalue weighted by Gasteiger charge is 2.16. The number of carbonyl (C=O) groups is 1. The summed E-state index contributed by atoms with van der Waals surface area (Å²) in [5, 5.41) is 3.85. The quantitative estimate of drug-likeness (QED) is 0.881. The maximum atomic E-state index is 11.9. The number of benzene rings is 1. The Morgan fingerprint density at radius 2 is 1.95 bits per heavy atom. The summed E-state index contributed by atoms with van der Waals surface area (Å²) in [5.74, 6) is -0.0214. The molecular weight excluding hydrogens is 252 g/mol. The van der Waals surface area contributed by atoms with Crippen LogP contribution in [0.2, 0.25) is 0 Å². The van der Waals surface area contributed by atoms with Crippen LogP contribution in [-0.2, 0) is 4.79 Å². The molecule has 4 heteroatoms. The standard InChI is InChI=1S/C16H20N2O2/c1-10-7-14(19)18-13-8-11(5-6-12(10)13)17-15(20)9-16(2,3)4/h5-8H,9H2,1-4H3,(H,17,20)(H,18,19). The fourth-order valence-electron chi connectivity index (χ4n) is 2.20. The molecule has 0 unspecified atom stereocenters. The van der Waals surface area contributed by atoms with Gasteiger partial charge in [-0.1, -0.05) is 26.8 Å². The van der Waals surface area contributed by atoms with Crippen LogP contribution in [0, 0.1) is 12.3 Å². The van der Waals surface area contributed by atoms with Gasteiger partial charge >= 0.3 is 0 Å². The zero-order chi connectivity index (χ0) is 14.9. The number of carbonyl (C=O) groups excluding carboxylic acids is 1. The molecule has 0 bridgehead atoms. The molecule has 0 radical (unpaired) electrons. The second-order valence-electron chi connectivity index (χ2n) is 6.36. The Hall–Kier alpha value is -2.10. The Bertz CT molecular complexity index is 708. The van der Waals surface area contributed by atoms with E-state index in [1.165, 1.54) is 0 Å². The van der Waals surface area contributed by atoms with E-state index >= 15 is 0 Å². The first-order chi connectivity index (χ1) is 9.24. The van der Waals surface area contributed by atoms with E-state index in [0.717, 1.165) is 16.5 Å². The minimum absolute atomic E-state index is 0.0214. The molecular formula is C16H20N2O2. The Kier molecular flexibility index (Phi) is 3.66. The summed E-state index contributed by atoms with van der Waals surface area (Å²) in [6, 6.07) is 7.13. The molecule has 0 aliphatic heterocycles. The minimum Gasteiger partial charge on any atom is -0.326 e. The van der Waals surface area contributed by atoms with E-state index in [-0.39, 0.29) is 16.9 Å². The summed E-state index contributed by atoms with van der Waals surface area (Å²) in [4.78, 5) is 26.2. The van der Waals surface area contributed by atoms with E-state index in [0.29, 0.717) is 12.1 Å². The number of pyridine rings is 1. The number of H-pyrrole nitrogens is 1. The van der Waals surface area contributed by atoms with Crippen molar-refractivity contribution in [1.82, 2.24) is 4.98 Å². The van der Waals surface area contributed by atoms with Gasteiger partial charge in [-0.05, 0) is 30.0 Å². The second-order valence-corrected chi connectivity index (χ2v) is 6.36. The monoisotopic (exact) mass is 272 g/mol. The van der Waals surface area contributed by atoms with Gasteiger partial charge in [0.05, 0.1) is 5.52 Å². The Balaban J connectivity index is 2.28. The van der Waals surface area contributed by atoms with Crippen molar-refractivity contribution in [2.75, 3.05) is 5.32 Å². The first-order valence-electron chi connectivity index (χ1n) is 6.68. The van der Waals surface area contributed by atoms with Gasteiger partial charge in [0.1, 0.15) is 0 Å². The zero-order valence-corrected chi connectivity index (χ0v) is 12.3. The van der Waals surface area contributed by atoms with E-state index in [1.54, 1.807) is 12.1 Å². The average molecular weight is 272 g/mol. The number of aromatic nitrogens is 1. The lowest BCUT2D eigenvalue weighted by molar-refractivity contribution is -0.117. The van der Waals surface area contributed by atoms with E-state index in [1.807, 2.05) is 39.8 Å². The van der Waals surface area contributed by atoms with Crippen LogP contribution in [0.5, 0.6) is 0 Å². The third-order valence-corrected chi connectivity index (χ3v) is 3.02. The highest BCUT2D eigenvalue weighted by molar-refractivity contribution is 5.94. The molecule has 1 amide bonds. The Labute approximate surface area is 118 Å². The van der Waals surface area contributed by atoms with Gasteiger partial charge in [0, 0.05) is 23.6 Å².